The zero-order chi connectivity index (χ0) is 18.8. The van der Waals surface area contributed by atoms with Crippen LogP contribution in [0.5, 0.6) is 11.5 Å². The number of methoxy groups -OCH3 is 1. The van der Waals surface area contributed by atoms with Crippen molar-refractivity contribution in [3.05, 3.63) is 59.8 Å². The third-order valence-corrected chi connectivity index (χ3v) is 4.17. The Hall–Kier alpha value is -3.74. The number of carbonyl (C=O) groups is 2. The summed E-state index contributed by atoms with van der Waals surface area (Å²) in [4.78, 5) is 27.4. The van der Waals surface area contributed by atoms with E-state index in [1.807, 2.05) is 30.3 Å². The third-order valence-electron chi connectivity index (χ3n) is 4.17. The highest BCUT2D eigenvalue weighted by atomic mass is 16.7. The standard InChI is InChI=1S/C20H16N2O5/c1-25-20(24)19-18(13-4-2-3-5-14(13)21-19)22-17(23)9-7-12-6-8-15-16(10-12)27-11-26-15/h2-10,21H,11H2,1H3,(H,22,23). The number of carbonyl (C=O) groups excluding carboxylic acids is 2. The zero-order valence-corrected chi connectivity index (χ0v) is 14.4. The van der Waals surface area contributed by atoms with Crippen molar-refractivity contribution in [2.45, 2.75) is 0 Å². The molecule has 0 saturated heterocycles. The number of anilines is 1. The van der Waals surface area contributed by atoms with Crippen molar-refractivity contribution in [3.8, 4) is 11.5 Å². The van der Waals surface area contributed by atoms with E-state index in [0.717, 1.165) is 16.5 Å². The van der Waals surface area contributed by atoms with Crippen LogP contribution in [0.25, 0.3) is 17.0 Å². The van der Waals surface area contributed by atoms with E-state index in [0.29, 0.717) is 17.2 Å². The van der Waals surface area contributed by atoms with Crippen molar-refractivity contribution in [1.29, 1.82) is 0 Å². The summed E-state index contributed by atoms with van der Waals surface area (Å²) in [7, 11) is 1.29. The molecule has 136 valence electrons. The Bertz CT molecular complexity index is 1070. The molecule has 4 rings (SSSR count). The number of aromatic nitrogens is 1. The van der Waals surface area contributed by atoms with Crippen LogP contribution in [0.1, 0.15) is 16.1 Å². The van der Waals surface area contributed by atoms with Gasteiger partial charge in [0.25, 0.3) is 0 Å². The summed E-state index contributed by atoms with van der Waals surface area (Å²) in [6.07, 6.45) is 3.05. The maximum atomic E-state index is 12.4. The monoisotopic (exact) mass is 364 g/mol. The Labute approximate surface area is 154 Å². The normalized spacial score (nSPS) is 12.5. The number of esters is 1. The van der Waals surface area contributed by atoms with Crippen LogP contribution in [0.2, 0.25) is 0 Å². The summed E-state index contributed by atoms with van der Waals surface area (Å²) < 4.78 is 15.4. The second-order valence-electron chi connectivity index (χ2n) is 5.85. The molecule has 1 amide bonds. The summed E-state index contributed by atoms with van der Waals surface area (Å²) in [6, 6.07) is 12.7. The number of para-hydroxylation sites is 1. The Morgan fingerprint density at radius 2 is 1.96 bits per heavy atom. The van der Waals surface area contributed by atoms with Gasteiger partial charge in [0.15, 0.2) is 11.5 Å². The lowest BCUT2D eigenvalue weighted by atomic mass is 10.2. The minimum Gasteiger partial charge on any atom is -0.464 e. The van der Waals surface area contributed by atoms with E-state index in [9.17, 15) is 9.59 Å². The van der Waals surface area contributed by atoms with Gasteiger partial charge in [-0.3, -0.25) is 4.79 Å². The van der Waals surface area contributed by atoms with Crippen LogP contribution in [0, 0.1) is 0 Å². The van der Waals surface area contributed by atoms with E-state index in [1.165, 1.54) is 13.2 Å². The lowest BCUT2D eigenvalue weighted by Gasteiger charge is -2.04. The molecule has 0 radical (unpaired) electrons. The van der Waals surface area contributed by atoms with Gasteiger partial charge in [-0.05, 0) is 29.8 Å². The van der Waals surface area contributed by atoms with Gasteiger partial charge in [-0.25, -0.2) is 4.79 Å². The number of hydrogen-bond acceptors (Lipinski definition) is 5. The number of aromatic amines is 1. The number of ether oxygens (including phenoxy) is 3. The fraction of sp³-hybridized carbons (Fsp3) is 0.100. The van der Waals surface area contributed by atoms with Gasteiger partial charge in [0.05, 0.1) is 12.8 Å². The Kier molecular flexibility index (Phi) is 4.25. The highest BCUT2D eigenvalue weighted by molar-refractivity contribution is 6.13. The molecule has 0 aliphatic carbocycles. The summed E-state index contributed by atoms with van der Waals surface area (Å²) >= 11 is 0. The first-order chi connectivity index (χ1) is 13.2. The van der Waals surface area contributed by atoms with E-state index in [2.05, 4.69) is 10.3 Å². The van der Waals surface area contributed by atoms with Gasteiger partial charge in [0.1, 0.15) is 5.69 Å². The number of amides is 1. The van der Waals surface area contributed by atoms with Gasteiger partial charge in [-0.15, -0.1) is 0 Å². The quantitative estimate of drug-likeness (QED) is 0.547. The van der Waals surface area contributed by atoms with Gasteiger partial charge in [-0.1, -0.05) is 24.3 Å². The van der Waals surface area contributed by atoms with Crippen molar-refractivity contribution < 1.29 is 23.8 Å². The number of hydrogen-bond donors (Lipinski definition) is 2. The average Bonchev–Trinajstić information content (AvgIpc) is 3.30. The molecular formula is C20H16N2O5. The second kappa shape index (κ2) is 6.87. The predicted molar refractivity (Wildman–Crippen MR) is 99.9 cm³/mol. The molecule has 7 heteroatoms. The molecule has 0 spiro atoms. The topological polar surface area (TPSA) is 89.7 Å². The summed E-state index contributed by atoms with van der Waals surface area (Å²) in [5.41, 5.74) is 2.11. The van der Waals surface area contributed by atoms with Crippen molar-refractivity contribution in [2.75, 3.05) is 19.2 Å². The maximum Gasteiger partial charge on any atom is 0.356 e. The second-order valence-corrected chi connectivity index (χ2v) is 5.85. The van der Waals surface area contributed by atoms with Gasteiger partial charge in [0.2, 0.25) is 12.7 Å². The van der Waals surface area contributed by atoms with Gasteiger partial charge < -0.3 is 24.5 Å². The molecule has 3 aromatic rings. The maximum absolute atomic E-state index is 12.4. The summed E-state index contributed by atoms with van der Waals surface area (Å²) in [5, 5.41) is 3.48. The molecule has 1 aliphatic rings. The minimum absolute atomic E-state index is 0.194. The highest BCUT2D eigenvalue weighted by Gasteiger charge is 2.19. The first kappa shape index (κ1) is 16.7. The molecule has 2 aromatic carbocycles. The Balaban J connectivity index is 1.58. The summed E-state index contributed by atoms with van der Waals surface area (Å²) in [6.45, 7) is 0.194. The largest absolute Gasteiger partial charge is 0.464 e. The molecular weight excluding hydrogens is 348 g/mol. The molecule has 1 aliphatic heterocycles. The molecule has 0 bridgehead atoms. The van der Waals surface area contributed by atoms with Crippen LogP contribution < -0.4 is 14.8 Å². The molecule has 0 fully saturated rings. The fourth-order valence-electron chi connectivity index (χ4n) is 2.88. The Morgan fingerprint density at radius 1 is 1.15 bits per heavy atom. The van der Waals surface area contributed by atoms with Crippen LogP contribution in [0.4, 0.5) is 5.69 Å². The molecule has 0 saturated carbocycles. The number of rotatable bonds is 4. The Morgan fingerprint density at radius 3 is 2.81 bits per heavy atom. The van der Waals surface area contributed by atoms with Crippen molar-refractivity contribution in [2.24, 2.45) is 0 Å². The zero-order valence-electron chi connectivity index (χ0n) is 14.4. The molecule has 0 atom stereocenters. The van der Waals surface area contributed by atoms with Crippen molar-refractivity contribution >= 4 is 34.5 Å². The number of benzene rings is 2. The molecule has 27 heavy (non-hydrogen) atoms. The molecule has 2 N–H and O–H groups in total. The highest BCUT2D eigenvalue weighted by Crippen LogP contribution is 2.33. The average molecular weight is 364 g/mol. The van der Waals surface area contributed by atoms with Crippen LogP contribution in [0.15, 0.2) is 48.5 Å². The molecule has 1 aromatic heterocycles. The van der Waals surface area contributed by atoms with Crippen LogP contribution >= 0.6 is 0 Å². The lowest BCUT2D eigenvalue weighted by Crippen LogP contribution is -2.12. The molecule has 7 nitrogen and oxygen atoms in total. The van der Waals surface area contributed by atoms with Gasteiger partial charge >= 0.3 is 5.97 Å². The van der Waals surface area contributed by atoms with Crippen molar-refractivity contribution in [1.82, 2.24) is 4.98 Å². The summed E-state index contributed by atoms with van der Waals surface area (Å²) in [5.74, 6) is 0.393. The SMILES string of the molecule is COC(=O)c1[nH]c2ccccc2c1NC(=O)C=Cc1ccc2c(c1)OCO2. The first-order valence-corrected chi connectivity index (χ1v) is 8.23. The third kappa shape index (κ3) is 3.22. The predicted octanol–water partition coefficient (Wildman–Crippen LogP) is 3.34. The lowest BCUT2D eigenvalue weighted by molar-refractivity contribution is -0.111. The van der Waals surface area contributed by atoms with E-state index in [1.54, 1.807) is 18.2 Å². The number of H-pyrrole nitrogens is 1. The minimum atomic E-state index is -0.554. The fourth-order valence-corrected chi connectivity index (χ4v) is 2.88. The number of fused-ring (bicyclic) bond motifs is 2. The van der Waals surface area contributed by atoms with E-state index in [-0.39, 0.29) is 18.4 Å². The van der Waals surface area contributed by atoms with Crippen LogP contribution in [-0.4, -0.2) is 30.8 Å². The van der Waals surface area contributed by atoms with Crippen LogP contribution in [-0.2, 0) is 9.53 Å². The van der Waals surface area contributed by atoms with E-state index >= 15 is 0 Å². The first-order valence-electron chi connectivity index (χ1n) is 8.23. The van der Waals surface area contributed by atoms with E-state index < -0.39 is 5.97 Å². The van der Waals surface area contributed by atoms with Gasteiger partial charge in [-0.2, -0.15) is 0 Å². The smallest absolute Gasteiger partial charge is 0.356 e. The molecule has 0 unspecified atom stereocenters. The van der Waals surface area contributed by atoms with E-state index in [4.69, 9.17) is 14.2 Å². The van der Waals surface area contributed by atoms with Crippen LogP contribution in [0.3, 0.4) is 0 Å². The van der Waals surface area contributed by atoms with Crippen molar-refractivity contribution in [3.63, 3.8) is 0 Å². The van der Waals surface area contributed by atoms with Gasteiger partial charge in [0, 0.05) is 17.0 Å². The molecule has 2 heterocycles. The number of nitrogens with one attached hydrogen (secondary N) is 2.